The van der Waals surface area contributed by atoms with E-state index in [0.29, 0.717) is 11.6 Å². The van der Waals surface area contributed by atoms with Crippen molar-refractivity contribution < 1.29 is 9.53 Å². The zero-order chi connectivity index (χ0) is 17.1. The van der Waals surface area contributed by atoms with E-state index in [2.05, 4.69) is 21.7 Å². The fourth-order valence-corrected chi connectivity index (χ4v) is 3.09. The number of nitrogens with one attached hydrogen (secondary N) is 2. The second-order valence-electron chi connectivity index (χ2n) is 6.68. The van der Waals surface area contributed by atoms with Gasteiger partial charge in [0, 0.05) is 18.0 Å². The van der Waals surface area contributed by atoms with Gasteiger partial charge in [-0.05, 0) is 37.8 Å². The van der Waals surface area contributed by atoms with Crippen molar-refractivity contribution in [1.29, 1.82) is 0 Å². The number of pyridine rings is 1. The Labute approximate surface area is 147 Å². The maximum atomic E-state index is 12.6. The molecule has 2 N–H and O–H groups in total. The first-order chi connectivity index (χ1) is 12.3. The lowest BCUT2D eigenvalue weighted by molar-refractivity contribution is 0.0952. The Bertz CT molecular complexity index is 812. The molecule has 4 rings (SSSR count). The number of fused-ring (bicyclic) bond motifs is 1. The highest BCUT2D eigenvalue weighted by molar-refractivity contribution is 6.07. The molecule has 0 radical (unpaired) electrons. The fourth-order valence-electron chi connectivity index (χ4n) is 3.09. The highest BCUT2D eigenvalue weighted by Gasteiger charge is 2.25. The average molecular weight is 337 g/mol. The monoisotopic (exact) mass is 337 g/mol. The molecule has 2 aliphatic rings. The quantitative estimate of drug-likeness (QED) is 0.794. The number of para-hydroxylation sites is 1. The summed E-state index contributed by atoms with van der Waals surface area (Å²) in [6, 6.07) is 10.0. The van der Waals surface area contributed by atoms with Crippen molar-refractivity contribution in [3.63, 3.8) is 0 Å². The number of anilines is 1. The predicted molar refractivity (Wildman–Crippen MR) is 98.9 cm³/mol. The van der Waals surface area contributed by atoms with Crippen LogP contribution >= 0.6 is 0 Å². The van der Waals surface area contributed by atoms with E-state index in [4.69, 9.17) is 4.74 Å². The van der Waals surface area contributed by atoms with Gasteiger partial charge in [0.2, 0.25) is 0 Å². The van der Waals surface area contributed by atoms with E-state index in [-0.39, 0.29) is 5.91 Å². The first kappa shape index (κ1) is 16.1. The van der Waals surface area contributed by atoms with Gasteiger partial charge in [-0.3, -0.25) is 4.79 Å². The summed E-state index contributed by atoms with van der Waals surface area (Å²) < 4.78 is 5.34. The molecule has 1 aromatic carbocycles. The fraction of sp³-hybridized carbons (Fsp3) is 0.400. The Morgan fingerprint density at radius 1 is 1.28 bits per heavy atom. The van der Waals surface area contributed by atoms with E-state index < -0.39 is 0 Å². The molecule has 0 saturated heterocycles. The molecule has 1 fully saturated rings. The number of nitrogens with zero attached hydrogens (tertiary/aromatic N) is 1. The van der Waals surface area contributed by atoms with Crippen molar-refractivity contribution in [1.82, 2.24) is 10.3 Å². The van der Waals surface area contributed by atoms with E-state index in [0.717, 1.165) is 62.2 Å². The van der Waals surface area contributed by atoms with Gasteiger partial charge in [-0.25, -0.2) is 4.98 Å². The van der Waals surface area contributed by atoms with Crippen molar-refractivity contribution in [2.45, 2.75) is 31.7 Å². The van der Waals surface area contributed by atoms with Crippen LogP contribution in [-0.4, -0.2) is 36.7 Å². The van der Waals surface area contributed by atoms with Crippen LogP contribution in [0, 0.1) is 0 Å². The Morgan fingerprint density at radius 3 is 2.96 bits per heavy atom. The summed E-state index contributed by atoms with van der Waals surface area (Å²) in [7, 11) is 0. The predicted octanol–water partition coefficient (Wildman–Crippen LogP) is 3.28. The Morgan fingerprint density at radius 2 is 2.16 bits per heavy atom. The minimum atomic E-state index is -0.00344. The highest BCUT2D eigenvalue weighted by atomic mass is 16.5. The summed E-state index contributed by atoms with van der Waals surface area (Å²) >= 11 is 0. The SMILES string of the molecule is O=C(NC1CC1)c1cc(NCCC2=CCOCC2)nc2ccccc12. The van der Waals surface area contributed by atoms with Gasteiger partial charge in [-0.15, -0.1) is 0 Å². The van der Waals surface area contributed by atoms with Gasteiger partial charge in [0.1, 0.15) is 5.82 Å². The molecule has 0 atom stereocenters. The average Bonchev–Trinajstić information content (AvgIpc) is 3.46. The second-order valence-corrected chi connectivity index (χ2v) is 6.68. The van der Waals surface area contributed by atoms with E-state index in [1.165, 1.54) is 5.57 Å². The number of hydrogen-bond acceptors (Lipinski definition) is 4. The van der Waals surface area contributed by atoms with Crippen LogP contribution in [-0.2, 0) is 4.74 Å². The summed E-state index contributed by atoms with van der Waals surface area (Å²) in [5, 5.41) is 7.36. The number of aromatic nitrogens is 1. The molecule has 1 amide bonds. The molecule has 0 unspecified atom stereocenters. The summed E-state index contributed by atoms with van der Waals surface area (Å²) in [5.74, 6) is 0.753. The lowest BCUT2D eigenvalue weighted by Crippen LogP contribution is -2.25. The van der Waals surface area contributed by atoms with Crippen LogP contribution in [0.3, 0.4) is 0 Å². The third-order valence-electron chi connectivity index (χ3n) is 4.68. The van der Waals surface area contributed by atoms with Crippen LogP contribution in [0.2, 0.25) is 0 Å². The van der Waals surface area contributed by atoms with E-state index in [1.54, 1.807) is 0 Å². The van der Waals surface area contributed by atoms with Gasteiger partial charge in [0.05, 0.1) is 24.3 Å². The molecule has 1 aliphatic heterocycles. The lowest BCUT2D eigenvalue weighted by Gasteiger charge is -2.15. The molecule has 5 nitrogen and oxygen atoms in total. The number of rotatable bonds is 6. The first-order valence-corrected chi connectivity index (χ1v) is 9.00. The highest BCUT2D eigenvalue weighted by Crippen LogP contribution is 2.24. The Balaban J connectivity index is 1.51. The largest absolute Gasteiger partial charge is 0.377 e. The topological polar surface area (TPSA) is 63.2 Å². The molecule has 2 aromatic rings. The van der Waals surface area contributed by atoms with Crippen molar-refractivity contribution in [2.75, 3.05) is 25.1 Å². The van der Waals surface area contributed by atoms with Gasteiger partial charge in [0.15, 0.2) is 0 Å². The van der Waals surface area contributed by atoms with Crippen molar-refractivity contribution in [3.05, 3.63) is 47.5 Å². The molecule has 25 heavy (non-hydrogen) atoms. The Hall–Kier alpha value is -2.40. The summed E-state index contributed by atoms with van der Waals surface area (Å²) in [5.41, 5.74) is 2.97. The number of carbonyl (C=O) groups is 1. The first-order valence-electron chi connectivity index (χ1n) is 9.00. The van der Waals surface area contributed by atoms with Crippen LogP contribution in [0.25, 0.3) is 10.9 Å². The minimum absolute atomic E-state index is 0.00344. The molecule has 0 spiro atoms. The van der Waals surface area contributed by atoms with Crippen LogP contribution in [0.1, 0.15) is 36.0 Å². The van der Waals surface area contributed by atoms with Crippen molar-refractivity contribution in [2.24, 2.45) is 0 Å². The lowest BCUT2D eigenvalue weighted by atomic mass is 10.1. The van der Waals surface area contributed by atoms with Gasteiger partial charge in [-0.1, -0.05) is 29.8 Å². The number of carbonyl (C=O) groups excluding carboxylic acids is 1. The van der Waals surface area contributed by atoms with Crippen LogP contribution in [0.15, 0.2) is 42.0 Å². The minimum Gasteiger partial charge on any atom is -0.377 e. The number of hydrogen-bond donors (Lipinski definition) is 2. The van der Waals surface area contributed by atoms with E-state index >= 15 is 0 Å². The summed E-state index contributed by atoms with van der Waals surface area (Å²) in [4.78, 5) is 17.3. The zero-order valence-electron chi connectivity index (χ0n) is 14.3. The van der Waals surface area contributed by atoms with Gasteiger partial charge < -0.3 is 15.4 Å². The molecule has 130 valence electrons. The van der Waals surface area contributed by atoms with Crippen LogP contribution < -0.4 is 10.6 Å². The van der Waals surface area contributed by atoms with Gasteiger partial charge in [0.25, 0.3) is 5.91 Å². The summed E-state index contributed by atoms with van der Waals surface area (Å²) in [6.07, 6.45) is 6.30. The maximum absolute atomic E-state index is 12.6. The number of ether oxygens (including phenoxy) is 1. The summed E-state index contributed by atoms with van der Waals surface area (Å²) in [6.45, 7) is 2.33. The van der Waals surface area contributed by atoms with E-state index in [9.17, 15) is 4.79 Å². The molecular formula is C20H23N3O2. The molecule has 2 heterocycles. The zero-order valence-corrected chi connectivity index (χ0v) is 14.3. The van der Waals surface area contributed by atoms with Gasteiger partial charge in [-0.2, -0.15) is 0 Å². The van der Waals surface area contributed by atoms with E-state index in [1.807, 2.05) is 30.3 Å². The molecule has 1 aromatic heterocycles. The number of amides is 1. The molecule has 0 bridgehead atoms. The van der Waals surface area contributed by atoms with Crippen molar-refractivity contribution in [3.8, 4) is 0 Å². The smallest absolute Gasteiger partial charge is 0.252 e. The second kappa shape index (κ2) is 7.23. The maximum Gasteiger partial charge on any atom is 0.252 e. The van der Waals surface area contributed by atoms with Crippen LogP contribution in [0.5, 0.6) is 0 Å². The van der Waals surface area contributed by atoms with Gasteiger partial charge >= 0.3 is 0 Å². The standard InChI is InChI=1S/C20H23N3O2/c24-20(22-15-5-6-15)17-13-19(23-18-4-2-1-3-16(17)18)21-10-7-14-8-11-25-12-9-14/h1-4,8,13,15H,5-7,9-12H2,(H,21,23)(H,22,24). The molecular weight excluding hydrogens is 314 g/mol. The molecule has 1 aliphatic carbocycles. The normalized spacial score (nSPS) is 17.2. The Kier molecular flexibility index (Phi) is 4.65. The molecule has 5 heteroatoms. The number of benzene rings is 1. The third kappa shape index (κ3) is 3.99. The third-order valence-corrected chi connectivity index (χ3v) is 4.68. The molecule has 1 saturated carbocycles. The van der Waals surface area contributed by atoms with Crippen molar-refractivity contribution >= 4 is 22.6 Å². The van der Waals surface area contributed by atoms with Crippen LogP contribution in [0.4, 0.5) is 5.82 Å².